The van der Waals surface area contributed by atoms with Crippen LogP contribution in [0.25, 0.3) is 0 Å². The lowest BCUT2D eigenvalue weighted by Crippen LogP contribution is -2.18. The van der Waals surface area contributed by atoms with Gasteiger partial charge in [0.2, 0.25) is 0 Å². The molecule has 0 aliphatic heterocycles. The highest BCUT2D eigenvalue weighted by molar-refractivity contribution is 5.47. The Labute approximate surface area is 197 Å². The zero-order valence-electron chi connectivity index (χ0n) is 17.5. The molecule has 2 aromatic carbocycles. The zero-order chi connectivity index (χ0) is 28.1. The first-order chi connectivity index (χ1) is 16.7. The Morgan fingerprint density at radius 2 is 0.892 bits per heavy atom. The predicted octanol–water partition coefficient (Wildman–Crippen LogP) is 7.45. The molecule has 0 amide bonds. The smallest absolute Gasteiger partial charge is 0.381 e. The first-order valence-electron chi connectivity index (χ1n) is 9.54. The van der Waals surface area contributed by atoms with Gasteiger partial charge in [0.05, 0.1) is 34.4 Å². The lowest BCUT2D eigenvalue weighted by atomic mass is 9.86. The number of anilines is 1. The molecule has 0 aliphatic carbocycles. The fourth-order valence-corrected chi connectivity index (χ4v) is 3.32. The topological polar surface area (TPSA) is 51.8 Å². The van der Waals surface area contributed by atoms with E-state index >= 15 is 0 Å². The summed E-state index contributed by atoms with van der Waals surface area (Å²) in [5.74, 6) is -5.59. The Kier molecular flexibility index (Phi) is 6.85. The molecule has 0 unspecified atom stereocenters. The fourth-order valence-electron chi connectivity index (χ4n) is 3.32. The number of aromatic nitrogens is 2. The first-order valence-corrected chi connectivity index (χ1v) is 9.54. The molecule has 1 aromatic heterocycles. The van der Waals surface area contributed by atoms with Crippen molar-refractivity contribution in [1.29, 1.82) is 0 Å². The van der Waals surface area contributed by atoms with E-state index in [1.165, 1.54) is 0 Å². The molecule has 16 heteroatoms. The second-order valence-corrected chi connectivity index (χ2v) is 7.57. The molecule has 37 heavy (non-hydrogen) atoms. The third-order valence-corrected chi connectivity index (χ3v) is 4.93. The van der Waals surface area contributed by atoms with Crippen molar-refractivity contribution < 1.29 is 57.1 Å². The largest absolute Gasteiger partial charge is 0.416 e. The monoisotopic (exact) mass is 551 g/mol. The molecular weight excluding hydrogens is 541 g/mol. The van der Waals surface area contributed by atoms with Crippen molar-refractivity contribution in [3.8, 4) is 0 Å². The predicted molar refractivity (Wildman–Crippen MR) is 100 cm³/mol. The van der Waals surface area contributed by atoms with E-state index in [0.717, 1.165) is 0 Å². The molecule has 0 radical (unpaired) electrons. The second-order valence-electron chi connectivity index (χ2n) is 7.57. The number of hydrogen-bond donors (Lipinski definition) is 1. The maximum atomic E-state index is 13.6. The van der Waals surface area contributed by atoms with Crippen LogP contribution < -0.4 is 5.73 Å². The van der Waals surface area contributed by atoms with Crippen molar-refractivity contribution in [2.75, 3.05) is 5.73 Å². The summed E-state index contributed by atoms with van der Waals surface area (Å²) in [7, 11) is 0. The second kappa shape index (κ2) is 9.06. The van der Waals surface area contributed by atoms with Crippen molar-refractivity contribution in [3.63, 3.8) is 0 Å². The van der Waals surface area contributed by atoms with Gasteiger partial charge in [-0.15, -0.1) is 0 Å². The van der Waals surface area contributed by atoms with Crippen molar-refractivity contribution in [1.82, 2.24) is 9.97 Å². The minimum atomic E-state index is -5.41. The van der Waals surface area contributed by atoms with Crippen LogP contribution in [-0.4, -0.2) is 9.97 Å². The van der Waals surface area contributed by atoms with Gasteiger partial charge in [-0.3, -0.25) is 0 Å². The van der Waals surface area contributed by atoms with E-state index < -0.39 is 81.5 Å². The van der Waals surface area contributed by atoms with Gasteiger partial charge in [-0.1, -0.05) is 0 Å². The van der Waals surface area contributed by atoms with Crippen LogP contribution in [0, 0.1) is 5.82 Å². The van der Waals surface area contributed by atoms with Crippen LogP contribution in [0.1, 0.15) is 45.1 Å². The van der Waals surface area contributed by atoms with Gasteiger partial charge in [0, 0.05) is 0 Å². The SMILES string of the molecule is Nc1nc(C(c2cc(C(F)(F)F)cc(C(F)(F)F)c2)c2cc(C(F)(F)F)cc(C(F)(F)F)c2)ncc1F. The summed E-state index contributed by atoms with van der Waals surface area (Å²) >= 11 is 0. The van der Waals surface area contributed by atoms with Crippen molar-refractivity contribution in [2.45, 2.75) is 30.6 Å². The summed E-state index contributed by atoms with van der Waals surface area (Å²) in [5, 5.41) is 0. The average molecular weight is 551 g/mol. The van der Waals surface area contributed by atoms with Crippen molar-refractivity contribution in [3.05, 3.63) is 87.6 Å². The molecule has 0 atom stereocenters. The lowest BCUT2D eigenvalue weighted by Gasteiger charge is -2.23. The molecule has 1 heterocycles. The Balaban J connectivity index is 2.45. The minimum Gasteiger partial charge on any atom is -0.381 e. The third kappa shape index (κ3) is 6.22. The molecule has 0 aliphatic rings. The van der Waals surface area contributed by atoms with Crippen LogP contribution in [0.3, 0.4) is 0 Å². The molecule has 200 valence electrons. The number of halogens is 13. The van der Waals surface area contributed by atoms with E-state index in [-0.39, 0.29) is 36.4 Å². The molecule has 3 rings (SSSR count). The summed E-state index contributed by atoms with van der Waals surface area (Å²) in [6.07, 6.45) is -21.3. The fraction of sp³-hybridized carbons (Fsp3) is 0.238. The van der Waals surface area contributed by atoms with Crippen LogP contribution in [0.5, 0.6) is 0 Å². The molecule has 3 nitrogen and oxygen atoms in total. The molecule has 0 saturated carbocycles. The Morgan fingerprint density at radius 3 is 1.16 bits per heavy atom. The number of hydrogen-bond acceptors (Lipinski definition) is 3. The average Bonchev–Trinajstić information content (AvgIpc) is 2.73. The van der Waals surface area contributed by atoms with Gasteiger partial charge in [-0.2, -0.15) is 52.7 Å². The number of alkyl halides is 12. The van der Waals surface area contributed by atoms with Crippen LogP contribution >= 0.6 is 0 Å². The van der Waals surface area contributed by atoms with E-state index in [4.69, 9.17) is 5.73 Å². The maximum Gasteiger partial charge on any atom is 0.416 e. The van der Waals surface area contributed by atoms with Gasteiger partial charge < -0.3 is 5.73 Å². The highest BCUT2D eigenvalue weighted by Crippen LogP contribution is 2.43. The van der Waals surface area contributed by atoms with Crippen LogP contribution in [0.2, 0.25) is 0 Å². The van der Waals surface area contributed by atoms with E-state index in [1.54, 1.807) is 0 Å². The van der Waals surface area contributed by atoms with Gasteiger partial charge in [0.1, 0.15) is 5.82 Å². The Morgan fingerprint density at radius 1 is 0.568 bits per heavy atom. The summed E-state index contributed by atoms with van der Waals surface area (Å²) in [5.41, 5.74) is -4.57. The van der Waals surface area contributed by atoms with E-state index in [9.17, 15) is 57.1 Å². The summed E-state index contributed by atoms with van der Waals surface area (Å²) in [4.78, 5) is 6.73. The van der Waals surface area contributed by atoms with Crippen molar-refractivity contribution >= 4 is 5.82 Å². The van der Waals surface area contributed by atoms with E-state index in [0.29, 0.717) is 6.20 Å². The molecule has 2 N–H and O–H groups in total. The van der Waals surface area contributed by atoms with Gasteiger partial charge in [0.25, 0.3) is 0 Å². The van der Waals surface area contributed by atoms with Gasteiger partial charge in [-0.25, -0.2) is 14.4 Å². The number of nitrogen functional groups attached to an aromatic ring is 1. The van der Waals surface area contributed by atoms with Gasteiger partial charge in [0.15, 0.2) is 11.6 Å². The Bertz CT molecular complexity index is 1160. The normalized spacial score (nSPS) is 13.4. The number of nitrogens with zero attached hydrogens (tertiary/aromatic N) is 2. The van der Waals surface area contributed by atoms with E-state index in [1.807, 2.05) is 0 Å². The molecular formula is C21H10F13N3. The van der Waals surface area contributed by atoms with Crippen LogP contribution in [0.4, 0.5) is 62.9 Å². The molecule has 0 bridgehead atoms. The van der Waals surface area contributed by atoms with Crippen LogP contribution in [0.15, 0.2) is 42.6 Å². The third-order valence-electron chi connectivity index (χ3n) is 4.93. The summed E-state index contributed by atoms with van der Waals surface area (Å²) < 4.78 is 174. The van der Waals surface area contributed by atoms with Gasteiger partial charge in [-0.05, 0) is 47.5 Å². The summed E-state index contributed by atoms with van der Waals surface area (Å²) in [6, 6.07) is -0.277. The first kappa shape index (κ1) is 28.0. The summed E-state index contributed by atoms with van der Waals surface area (Å²) in [6.45, 7) is 0. The zero-order valence-corrected chi connectivity index (χ0v) is 17.5. The van der Waals surface area contributed by atoms with Crippen LogP contribution in [-0.2, 0) is 24.7 Å². The quantitative estimate of drug-likeness (QED) is 0.344. The Hall–Kier alpha value is -3.59. The minimum absolute atomic E-state index is 0.0797. The molecule has 0 fully saturated rings. The van der Waals surface area contributed by atoms with E-state index in [2.05, 4.69) is 9.97 Å². The highest BCUT2D eigenvalue weighted by atomic mass is 19.4. The standard InChI is InChI=1S/C21H10F13N3/c22-14-7-36-17(37-16(14)35)15(8-1-10(18(23,24)25)5-11(2-8)19(26,27)28)9-3-12(20(29,30)31)6-13(4-9)21(32,33)34/h1-7,15H,(H2,35,36,37). The molecule has 0 spiro atoms. The van der Waals surface area contributed by atoms with Gasteiger partial charge >= 0.3 is 24.7 Å². The van der Waals surface area contributed by atoms with Crippen molar-refractivity contribution in [2.24, 2.45) is 0 Å². The molecule has 3 aromatic rings. The highest BCUT2D eigenvalue weighted by Gasteiger charge is 2.41. The molecule has 0 saturated heterocycles. The lowest BCUT2D eigenvalue weighted by molar-refractivity contribution is -0.144. The number of rotatable bonds is 3. The maximum absolute atomic E-state index is 13.6. The number of nitrogens with two attached hydrogens (primary N) is 1. The number of benzene rings is 2.